The van der Waals surface area contributed by atoms with Crippen LogP contribution in [0.2, 0.25) is 0 Å². The largest absolute Gasteiger partial charge is 0.507 e. The van der Waals surface area contributed by atoms with Crippen molar-refractivity contribution in [3.8, 4) is 56.3 Å². The molecule has 0 aliphatic carbocycles. The molecule has 284 valence electrons. The van der Waals surface area contributed by atoms with Crippen LogP contribution in [0.25, 0.3) is 72.4 Å². The van der Waals surface area contributed by atoms with Crippen LogP contribution in [-0.4, -0.2) is 19.6 Å². The molecule has 0 bridgehead atoms. The van der Waals surface area contributed by atoms with Crippen LogP contribution >= 0.6 is 0 Å². The van der Waals surface area contributed by atoms with Crippen molar-refractivity contribution >= 4 is 21.8 Å². The Bertz CT molecular complexity index is 2700. The molecular formula is C50H45FN3OPt-. The third-order valence-electron chi connectivity index (χ3n) is 10.6. The molecule has 8 aromatic rings. The van der Waals surface area contributed by atoms with Gasteiger partial charge in [0.2, 0.25) is 0 Å². The van der Waals surface area contributed by atoms with E-state index in [1.165, 1.54) is 0 Å². The van der Waals surface area contributed by atoms with Gasteiger partial charge < -0.3 is 5.11 Å². The first-order valence-electron chi connectivity index (χ1n) is 19.0. The van der Waals surface area contributed by atoms with Gasteiger partial charge in [0.15, 0.2) is 0 Å². The number of hydrogen-bond donors (Lipinski definition) is 1. The van der Waals surface area contributed by atoms with Gasteiger partial charge in [-0.15, -0.1) is 29.3 Å². The van der Waals surface area contributed by atoms with Crippen molar-refractivity contribution < 1.29 is 30.6 Å². The number of nitrogens with zero attached hydrogens (tertiary/aromatic N) is 3. The second-order valence-electron chi connectivity index (χ2n) is 16.1. The number of benzene rings is 6. The molecule has 2 heterocycles. The maximum absolute atomic E-state index is 16.4. The molecule has 0 aliphatic rings. The molecular weight excluding hydrogens is 873 g/mol. The summed E-state index contributed by atoms with van der Waals surface area (Å²) in [4.78, 5) is 10.2. The zero-order valence-electron chi connectivity index (χ0n) is 32.8. The van der Waals surface area contributed by atoms with E-state index in [0.717, 1.165) is 61.1 Å². The normalized spacial score (nSPS) is 11.8. The Hall–Kier alpha value is -5.38. The van der Waals surface area contributed by atoms with Crippen LogP contribution in [0.5, 0.6) is 5.75 Å². The molecule has 0 atom stereocenters. The van der Waals surface area contributed by atoms with E-state index in [0.29, 0.717) is 28.0 Å². The van der Waals surface area contributed by atoms with Gasteiger partial charge >= 0.3 is 0 Å². The predicted molar refractivity (Wildman–Crippen MR) is 225 cm³/mol. The summed E-state index contributed by atoms with van der Waals surface area (Å²) in [6.07, 6.45) is 1.83. The Kier molecular flexibility index (Phi) is 10.6. The third-order valence-corrected chi connectivity index (χ3v) is 10.6. The molecule has 0 fully saturated rings. The number of hydrogen-bond acceptors (Lipinski definition) is 3. The summed E-state index contributed by atoms with van der Waals surface area (Å²) in [5, 5.41) is 13.6. The zero-order chi connectivity index (χ0) is 38.6. The van der Waals surface area contributed by atoms with E-state index in [2.05, 4.69) is 108 Å². The Morgan fingerprint density at radius 3 is 1.98 bits per heavy atom. The molecule has 0 aliphatic heterocycles. The summed E-state index contributed by atoms with van der Waals surface area (Å²) in [5.41, 5.74) is 10.9. The molecule has 56 heavy (non-hydrogen) atoms. The maximum atomic E-state index is 16.4. The van der Waals surface area contributed by atoms with E-state index in [9.17, 15) is 5.11 Å². The van der Waals surface area contributed by atoms with E-state index in [4.69, 9.17) is 9.97 Å². The first-order chi connectivity index (χ1) is 26.4. The Morgan fingerprint density at radius 2 is 1.32 bits per heavy atom. The van der Waals surface area contributed by atoms with Gasteiger partial charge in [0.05, 0.1) is 22.3 Å². The van der Waals surface area contributed by atoms with E-state index in [1.54, 1.807) is 18.2 Å². The molecule has 0 amide bonds. The van der Waals surface area contributed by atoms with Gasteiger partial charge in [-0.25, -0.2) is 9.37 Å². The molecule has 8 rings (SSSR count). The minimum absolute atomic E-state index is 0. The minimum Gasteiger partial charge on any atom is -0.507 e. The van der Waals surface area contributed by atoms with Crippen LogP contribution < -0.4 is 0 Å². The smallest absolute Gasteiger partial charge is 0.148 e. The van der Waals surface area contributed by atoms with Crippen molar-refractivity contribution in [2.24, 2.45) is 0 Å². The molecule has 6 aromatic carbocycles. The maximum Gasteiger partial charge on any atom is 0.148 e. The van der Waals surface area contributed by atoms with E-state index >= 15 is 4.39 Å². The fourth-order valence-electron chi connectivity index (χ4n) is 7.61. The number of phenolic OH excluding ortho intramolecular Hbond substituents is 1. The molecule has 1 N–H and O–H groups in total. The number of pyridine rings is 1. The fraction of sp³-hybridized carbons (Fsp3) is 0.200. The van der Waals surface area contributed by atoms with Crippen molar-refractivity contribution in [3.63, 3.8) is 0 Å². The number of para-hydroxylation sites is 1. The Morgan fingerprint density at radius 1 is 0.679 bits per heavy atom. The molecule has 0 unspecified atom stereocenters. The summed E-state index contributed by atoms with van der Waals surface area (Å²) >= 11 is 0. The average Bonchev–Trinajstić information content (AvgIpc) is 3.55. The molecule has 4 nitrogen and oxygen atoms in total. The zero-order valence-corrected chi connectivity index (χ0v) is 35.0. The molecule has 0 radical (unpaired) electrons. The quantitative estimate of drug-likeness (QED) is 0.162. The van der Waals surface area contributed by atoms with Gasteiger partial charge in [-0.05, 0) is 80.6 Å². The van der Waals surface area contributed by atoms with E-state index in [1.807, 2.05) is 60.8 Å². The standard InChI is InChI=1S/C50H45FN3O.Pt/c1-30(2)40-18-13-19-41(31(3)4)48(40)54-45-29-39(51)28-42(47(45)53-49(54)43-25-33-16-11-12-17-34(33)27-46(43)55)36-22-37(24-38(23-36)50(5,6)7)44-26-35(20-21-52-44)32-14-9-8-10-15-32;/h8-21,23-31,55H,1-7H3;/q-1;. The number of rotatable bonds is 7. The van der Waals surface area contributed by atoms with Crippen molar-refractivity contribution in [2.75, 3.05) is 0 Å². The summed E-state index contributed by atoms with van der Waals surface area (Å²) < 4.78 is 18.5. The summed E-state index contributed by atoms with van der Waals surface area (Å²) in [6.45, 7) is 15.2. The average molecular weight is 918 g/mol. The van der Waals surface area contributed by atoms with Crippen LogP contribution in [0, 0.1) is 11.9 Å². The van der Waals surface area contributed by atoms with Crippen molar-refractivity contribution in [1.29, 1.82) is 0 Å². The van der Waals surface area contributed by atoms with Crippen LogP contribution in [0.3, 0.4) is 0 Å². The molecule has 2 aromatic heterocycles. The van der Waals surface area contributed by atoms with Gasteiger partial charge in [0, 0.05) is 33.0 Å². The fourth-order valence-corrected chi connectivity index (χ4v) is 7.61. The van der Waals surface area contributed by atoms with E-state index < -0.39 is 0 Å². The number of aromatic nitrogens is 3. The second kappa shape index (κ2) is 15.3. The van der Waals surface area contributed by atoms with Crippen molar-refractivity contribution in [1.82, 2.24) is 14.5 Å². The molecule has 0 saturated carbocycles. The molecule has 6 heteroatoms. The predicted octanol–water partition coefficient (Wildman–Crippen LogP) is 13.4. The van der Waals surface area contributed by atoms with Gasteiger partial charge in [-0.3, -0.25) is 9.55 Å². The van der Waals surface area contributed by atoms with Gasteiger partial charge in [0.25, 0.3) is 0 Å². The summed E-state index contributed by atoms with van der Waals surface area (Å²) in [7, 11) is 0. The Labute approximate surface area is 343 Å². The number of aromatic hydroxyl groups is 1. The summed E-state index contributed by atoms with van der Waals surface area (Å²) in [5.74, 6) is 0.598. The van der Waals surface area contributed by atoms with Crippen LogP contribution in [-0.2, 0) is 26.5 Å². The van der Waals surface area contributed by atoms with Crippen molar-refractivity contribution in [2.45, 2.75) is 65.7 Å². The SMILES string of the molecule is CC(C)c1cccc(C(C)C)c1-n1c(-c2cc3ccccc3cc2O)nc2c(-c3[c-]c(-c4cc(-c5ccccc5)ccn4)cc(C(C)(C)C)c3)cc(F)cc21.[Pt]. The second-order valence-corrected chi connectivity index (χ2v) is 16.1. The van der Waals surface area contributed by atoms with Gasteiger partial charge in [-0.1, -0.05) is 138 Å². The van der Waals surface area contributed by atoms with Crippen LogP contribution in [0.4, 0.5) is 4.39 Å². The third kappa shape index (κ3) is 7.21. The van der Waals surface area contributed by atoms with Gasteiger partial charge in [-0.2, -0.15) is 0 Å². The van der Waals surface area contributed by atoms with Crippen molar-refractivity contribution in [3.05, 3.63) is 156 Å². The number of halogens is 1. The first-order valence-corrected chi connectivity index (χ1v) is 19.0. The van der Waals surface area contributed by atoms with Gasteiger partial charge in [0.1, 0.15) is 17.4 Å². The van der Waals surface area contributed by atoms with Crippen LogP contribution in [0.15, 0.2) is 128 Å². The number of imidazole rings is 1. The number of phenols is 1. The topological polar surface area (TPSA) is 50.9 Å². The monoisotopic (exact) mass is 917 g/mol. The molecule has 0 saturated heterocycles. The van der Waals surface area contributed by atoms with E-state index in [-0.39, 0.29) is 49.9 Å². The Balaban J connectivity index is 0.00000480. The van der Waals surface area contributed by atoms with Crippen LogP contribution in [0.1, 0.15) is 77.0 Å². The first kappa shape index (κ1) is 38.9. The minimum atomic E-state index is -0.383. The molecule has 0 spiro atoms. The number of fused-ring (bicyclic) bond motifs is 2. The summed E-state index contributed by atoms with van der Waals surface area (Å²) in [6, 6.07) is 43.5.